The lowest BCUT2D eigenvalue weighted by atomic mass is 10.2. The third-order valence-corrected chi connectivity index (χ3v) is 3.51. The van der Waals surface area contributed by atoms with Crippen molar-refractivity contribution in [2.24, 2.45) is 11.7 Å². The van der Waals surface area contributed by atoms with E-state index in [4.69, 9.17) is 5.73 Å². The molecule has 2 N–H and O–H groups in total. The molecule has 0 saturated carbocycles. The molecule has 2 unspecified atom stereocenters. The molecule has 0 aromatic heterocycles. The highest BCUT2D eigenvalue weighted by Crippen LogP contribution is 2.08. The average molecular weight is 197 g/mol. The lowest BCUT2D eigenvalue weighted by molar-refractivity contribution is 0.641. The van der Waals surface area contributed by atoms with E-state index in [1.807, 2.05) is 37.3 Å². The maximum atomic E-state index is 11.7. The number of hydrogen-bond donors (Lipinski definition) is 1. The monoisotopic (exact) mass is 197 g/mol. The van der Waals surface area contributed by atoms with Crippen LogP contribution in [0.4, 0.5) is 0 Å². The van der Waals surface area contributed by atoms with E-state index in [1.54, 1.807) is 0 Å². The highest BCUT2D eigenvalue weighted by atomic mass is 32.2. The highest BCUT2D eigenvalue weighted by molar-refractivity contribution is 7.85. The van der Waals surface area contributed by atoms with E-state index in [2.05, 4.69) is 0 Å². The fourth-order valence-corrected chi connectivity index (χ4v) is 2.30. The van der Waals surface area contributed by atoms with Crippen molar-refractivity contribution in [3.05, 3.63) is 30.3 Å². The number of benzene rings is 1. The summed E-state index contributed by atoms with van der Waals surface area (Å²) in [6.45, 7) is 2.61. The van der Waals surface area contributed by atoms with Gasteiger partial charge in [0.1, 0.15) is 0 Å². The fraction of sp³-hybridized carbons (Fsp3) is 0.400. The van der Waals surface area contributed by atoms with Gasteiger partial charge in [0.25, 0.3) is 0 Å². The van der Waals surface area contributed by atoms with Crippen molar-refractivity contribution in [2.75, 3.05) is 12.3 Å². The van der Waals surface area contributed by atoms with E-state index in [1.165, 1.54) is 0 Å². The van der Waals surface area contributed by atoms with E-state index < -0.39 is 10.8 Å². The number of nitrogens with two attached hydrogens (primary N) is 1. The van der Waals surface area contributed by atoms with Gasteiger partial charge in [-0.25, -0.2) is 0 Å². The fourth-order valence-electron chi connectivity index (χ4n) is 0.995. The minimum absolute atomic E-state index is 0.320. The lowest BCUT2D eigenvalue weighted by Gasteiger charge is -2.07. The molecule has 13 heavy (non-hydrogen) atoms. The van der Waals surface area contributed by atoms with Crippen molar-refractivity contribution < 1.29 is 4.21 Å². The first-order chi connectivity index (χ1) is 6.24. The maximum absolute atomic E-state index is 11.7. The van der Waals surface area contributed by atoms with E-state index in [-0.39, 0.29) is 0 Å². The second kappa shape index (κ2) is 5.14. The topological polar surface area (TPSA) is 43.1 Å². The summed E-state index contributed by atoms with van der Waals surface area (Å²) < 4.78 is 11.7. The number of rotatable bonds is 4. The Morgan fingerprint density at radius 2 is 2.00 bits per heavy atom. The summed E-state index contributed by atoms with van der Waals surface area (Å²) in [6, 6.07) is 9.51. The Balaban J connectivity index is 2.59. The molecule has 0 spiro atoms. The van der Waals surface area contributed by atoms with Gasteiger partial charge in [-0.1, -0.05) is 25.1 Å². The van der Waals surface area contributed by atoms with E-state index in [0.717, 1.165) is 4.90 Å². The third kappa shape index (κ3) is 3.28. The first kappa shape index (κ1) is 10.4. The van der Waals surface area contributed by atoms with Crippen molar-refractivity contribution >= 4 is 10.8 Å². The first-order valence-corrected chi connectivity index (χ1v) is 5.69. The van der Waals surface area contributed by atoms with E-state index >= 15 is 0 Å². The molecule has 1 rings (SSSR count). The van der Waals surface area contributed by atoms with E-state index in [9.17, 15) is 4.21 Å². The number of hydrogen-bond acceptors (Lipinski definition) is 2. The van der Waals surface area contributed by atoms with E-state index in [0.29, 0.717) is 18.2 Å². The van der Waals surface area contributed by atoms with Gasteiger partial charge >= 0.3 is 0 Å². The Bertz CT molecular complexity index is 274. The summed E-state index contributed by atoms with van der Waals surface area (Å²) in [5.41, 5.74) is 5.46. The molecule has 0 aliphatic heterocycles. The van der Waals surface area contributed by atoms with Crippen LogP contribution in [0.5, 0.6) is 0 Å². The zero-order valence-corrected chi connectivity index (χ0v) is 8.59. The molecule has 72 valence electrons. The molecule has 0 aliphatic rings. The Morgan fingerprint density at radius 1 is 1.38 bits per heavy atom. The van der Waals surface area contributed by atoms with Crippen LogP contribution in [0, 0.1) is 5.92 Å². The zero-order chi connectivity index (χ0) is 9.68. The summed E-state index contributed by atoms with van der Waals surface area (Å²) in [5.74, 6) is 0.974. The van der Waals surface area contributed by atoms with Crippen molar-refractivity contribution in [3.63, 3.8) is 0 Å². The van der Waals surface area contributed by atoms with Crippen LogP contribution in [-0.2, 0) is 10.8 Å². The van der Waals surface area contributed by atoms with Crippen LogP contribution in [0.2, 0.25) is 0 Å². The van der Waals surface area contributed by atoms with Crippen LogP contribution < -0.4 is 5.73 Å². The minimum Gasteiger partial charge on any atom is -0.330 e. The Labute approximate surface area is 81.6 Å². The molecule has 1 aromatic rings. The van der Waals surface area contributed by atoms with Gasteiger partial charge in [-0.3, -0.25) is 4.21 Å². The highest BCUT2D eigenvalue weighted by Gasteiger charge is 2.07. The van der Waals surface area contributed by atoms with Gasteiger partial charge in [0.05, 0.1) is 10.8 Å². The molecule has 2 atom stereocenters. The summed E-state index contributed by atoms with van der Waals surface area (Å²) in [5, 5.41) is 0. The van der Waals surface area contributed by atoms with Gasteiger partial charge in [0.2, 0.25) is 0 Å². The summed E-state index contributed by atoms with van der Waals surface area (Å²) in [4.78, 5) is 0.891. The molecule has 0 fully saturated rings. The predicted molar refractivity (Wildman–Crippen MR) is 55.9 cm³/mol. The van der Waals surface area contributed by atoms with Gasteiger partial charge in [0.15, 0.2) is 0 Å². The third-order valence-electron chi connectivity index (χ3n) is 1.84. The predicted octanol–water partition coefficient (Wildman–Crippen LogP) is 1.39. The summed E-state index contributed by atoms with van der Waals surface area (Å²) >= 11 is 0. The van der Waals surface area contributed by atoms with Crippen molar-refractivity contribution in [3.8, 4) is 0 Å². The van der Waals surface area contributed by atoms with Crippen molar-refractivity contribution in [1.82, 2.24) is 0 Å². The molecule has 0 radical (unpaired) electrons. The van der Waals surface area contributed by atoms with Crippen LogP contribution >= 0.6 is 0 Å². The molecule has 0 saturated heterocycles. The Morgan fingerprint density at radius 3 is 2.54 bits per heavy atom. The average Bonchev–Trinajstić information content (AvgIpc) is 2.19. The van der Waals surface area contributed by atoms with Crippen LogP contribution in [0.15, 0.2) is 35.2 Å². The molecule has 3 heteroatoms. The largest absolute Gasteiger partial charge is 0.330 e. The Hall–Kier alpha value is -0.670. The smallest absolute Gasteiger partial charge is 0.0532 e. The van der Waals surface area contributed by atoms with Crippen LogP contribution in [0.3, 0.4) is 0 Å². The molecule has 0 bridgehead atoms. The van der Waals surface area contributed by atoms with Crippen molar-refractivity contribution in [2.45, 2.75) is 11.8 Å². The molecule has 1 aromatic carbocycles. The molecule has 0 heterocycles. The molecular weight excluding hydrogens is 182 g/mol. The van der Waals surface area contributed by atoms with Gasteiger partial charge in [0, 0.05) is 10.6 Å². The van der Waals surface area contributed by atoms with Gasteiger partial charge in [-0.2, -0.15) is 0 Å². The first-order valence-electron chi connectivity index (χ1n) is 4.37. The quantitative estimate of drug-likeness (QED) is 0.792. The zero-order valence-electron chi connectivity index (χ0n) is 7.77. The molecule has 2 nitrogen and oxygen atoms in total. The minimum atomic E-state index is -0.893. The van der Waals surface area contributed by atoms with Gasteiger partial charge in [-0.15, -0.1) is 0 Å². The Kier molecular flexibility index (Phi) is 4.12. The normalized spacial score (nSPS) is 15.2. The standard InChI is InChI=1S/C10H15NOS/c1-9(7-11)8-13(12)10-5-3-2-4-6-10/h2-6,9H,7-8,11H2,1H3. The SMILES string of the molecule is CC(CN)CS(=O)c1ccccc1. The van der Waals surface area contributed by atoms with Crippen LogP contribution in [-0.4, -0.2) is 16.5 Å². The van der Waals surface area contributed by atoms with Crippen molar-refractivity contribution in [1.29, 1.82) is 0 Å². The maximum Gasteiger partial charge on any atom is 0.0532 e. The summed E-state index contributed by atoms with van der Waals surface area (Å²) in [7, 11) is -0.893. The van der Waals surface area contributed by atoms with Gasteiger partial charge < -0.3 is 5.73 Å². The lowest BCUT2D eigenvalue weighted by Crippen LogP contribution is -2.17. The van der Waals surface area contributed by atoms with Crippen LogP contribution in [0.1, 0.15) is 6.92 Å². The van der Waals surface area contributed by atoms with Crippen LogP contribution in [0.25, 0.3) is 0 Å². The molecule has 0 aliphatic carbocycles. The molecule has 0 amide bonds. The van der Waals surface area contributed by atoms with Gasteiger partial charge in [-0.05, 0) is 24.6 Å². The molecular formula is C10H15NOS. The summed E-state index contributed by atoms with van der Waals surface area (Å²) in [6.07, 6.45) is 0. The second-order valence-electron chi connectivity index (χ2n) is 3.17. The second-order valence-corrected chi connectivity index (χ2v) is 4.66.